The molecular weight excluding hydrogens is 418 g/mol. The van der Waals surface area contributed by atoms with Crippen molar-refractivity contribution in [2.75, 3.05) is 22.2 Å². The van der Waals surface area contributed by atoms with Crippen LogP contribution in [-0.4, -0.2) is 42.9 Å². The van der Waals surface area contributed by atoms with Crippen LogP contribution in [0.15, 0.2) is 41.7 Å². The van der Waals surface area contributed by atoms with Gasteiger partial charge in [0.15, 0.2) is 5.76 Å². The Kier molecular flexibility index (Phi) is 7.19. The monoisotopic (exact) mass is 443 g/mol. The molecule has 1 N–H and O–H groups in total. The number of rotatable bonds is 6. The number of ether oxygens (including phenoxy) is 2. The van der Waals surface area contributed by atoms with E-state index in [0.29, 0.717) is 12.0 Å². The number of carbonyl (C=O) groups excluding carboxylic acids is 5. The number of benzene rings is 1. The molecule has 1 heterocycles. The van der Waals surface area contributed by atoms with Crippen LogP contribution in [0.25, 0.3) is 0 Å². The van der Waals surface area contributed by atoms with E-state index in [0.717, 1.165) is 15.9 Å². The average Bonchev–Trinajstić information content (AvgIpc) is 2.99. The topological polar surface area (TPSA) is 122 Å². The van der Waals surface area contributed by atoms with Crippen LogP contribution in [0, 0.1) is 0 Å². The zero-order chi connectivity index (χ0) is 24.2. The van der Waals surface area contributed by atoms with Gasteiger partial charge in [-0.2, -0.15) is 0 Å². The lowest BCUT2D eigenvalue weighted by molar-refractivity contribution is -0.122. The standard InChI is InChI=1S/C22H25N3O7/c1-7-13(2)19(28)24(12-26)15-8-14(23-21(30)32-22(3,4)5)9-16(10-15)25-18(27)11-17(31-6)20(25)29/h7-12H,1-6H3,(H,23,30)/b13-7-. The molecular formula is C22H25N3O7. The fraction of sp³-hybridized carbons (Fsp3) is 0.318. The number of nitrogens with one attached hydrogen (secondary N) is 1. The van der Waals surface area contributed by atoms with Crippen LogP contribution in [0.4, 0.5) is 21.9 Å². The van der Waals surface area contributed by atoms with Gasteiger partial charge in [0.05, 0.1) is 24.6 Å². The van der Waals surface area contributed by atoms with E-state index in [4.69, 9.17) is 9.47 Å². The molecule has 0 aliphatic carbocycles. The van der Waals surface area contributed by atoms with Crippen molar-refractivity contribution in [2.24, 2.45) is 0 Å². The second kappa shape index (κ2) is 9.46. The Balaban J connectivity index is 2.56. The molecule has 10 heteroatoms. The van der Waals surface area contributed by atoms with Gasteiger partial charge < -0.3 is 9.47 Å². The summed E-state index contributed by atoms with van der Waals surface area (Å²) in [4.78, 5) is 63.2. The molecule has 1 aromatic carbocycles. The summed E-state index contributed by atoms with van der Waals surface area (Å²) in [7, 11) is 1.25. The molecule has 1 aliphatic heterocycles. The Labute approximate surface area is 185 Å². The minimum absolute atomic E-state index is 0.0182. The van der Waals surface area contributed by atoms with Gasteiger partial charge in [-0.05, 0) is 52.8 Å². The lowest BCUT2D eigenvalue weighted by Gasteiger charge is -2.23. The summed E-state index contributed by atoms with van der Waals surface area (Å²) in [5.74, 6) is -2.19. The minimum atomic E-state index is -0.802. The number of amides is 5. The normalized spacial score (nSPS) is 14.1. The van der Waals surface area contributed by atoms with E-state index in [1.54, 1.807) is 27.7 Å². The van der Waals surface area contributed by atoms with Gasteiger partial charge in [0.1, 0.15) is 5.60 Å². The number of allylic oxidation sites excluding steroid dienone is 1. The number of imide groups is 2. The fourth-order valence-corrected chi connectivity index (χ4v) is 2.74. The molecule has 5 amide bonds. The summed E-state index contributed by atoms with van der Waals surface area (Å²) in [6, 6.07) is 3.99. The van der Waals surface area contributed by atoms with Gasteiger partial charge in [-0.3, -0.25) is 24.5 Å². The highest BCUT2D eigenvalue weighted by atomic mass is 16.6. The Morgan fingerprint density at radius 2 is 1.81 bits per heavy atom. The zero-order valence-electron chi connectivity index (χ0n) is 18.7. The number of hydrogen-bond acceptors (Lipinski definition) is 7. The molecule has 0 aromatic heterocycles. The fourth-order valence-electron chi connectivity index (χ4n) is 2.74. The van der Waals surface area contributed by atoms with E-state index in [-0.39, 0.29) is 22.8 Å². The zero-order valence-corrected chi connectivity index (χ0v) is 18.7. The van der Waals surface area contributed by atoms with Crippen LogP contribution in [-0.2, 0) is 28.7 Å². The lowest BCUT2D eigenvalue weighted by Crippen LogP contribution is -2.33. The van der Waals surface area contributed by atoms with Gasteiger partial charge in [0.2, 0.25) is 6.41 Å². The van der Waals surface area contributed by atoms with Crippen molar-refractivity contribution in [3.05, 3.63) is 41.7 Å². The SMILES string of the molecule is C/C=C(/C)C(=O)N(C=O)c1cc(NC(=O)OC(C)(C)C)cc(N2C(=O)C=C(OC)C2=O)c1. The number of methoxy groups -OCH3 is 1. The first-order valence-corrected chi connectivity index (χ1v) is 9.62. The first-order chi connectivity index (χ1) is 14.9. The van der Waals surface area contributed by atoms with E-state index in [2.05, 4.69) is 5.32 Å². The number of anilines is 3. The van der Waals surface area contributed by atoms with Gasteiger partial charge in [-0.15, -0.1) is 0 Å². The highest BCUT2D eigenvalue weighted by Crippen LogP contribution is 2.32. The number of nitrogens with zero attached hydrogens (tertiary/aromatic N) is 2. The third kappa shape index (κ3) is 5.39. The van der Waals surface area contributed by atoms with E-state index < -0.39 is 29.4 Å². The second-order valence-corrected chi connectivity index (χ2v) is 7.81. The van der Waals surface area contributed by atoms with E-state index in [9.17, 15) is 24.0 Å². The Hall–Kier alpha value is -3.95. The van der Waals surface area contributed by atoms with Crippen LogP contribution in [0.2, 0.25) is 0 Å². The smallest absolute Gasteiger partial charge is 0.412 e. The molecule has 0 fully saturated rings. The van der Waals surface area contributed by atoms with E-state index in [1.807, 2.05) is 0 Å². The average molecular weight is 443 g/mol. The van der Waals surface area contributed by atoms with Gasteiger partial charge >= 0.3 is 12.0 Å². The predicted molar refractivity (Wildman–Crippen MR) is 117 cm³/mol. The van der Waals surface area contributed by atoms with Gasteiger partial charge in [0, 0.05) is 11.3 Å². The minimum Gasteiger partial charge on any atom is -0.491 e. The van der Waals surface area contributed by atoms with Crippen LogP contribution in [0.3, 0.4) is 0 Å². The van der Waals surface area contributed by atoms with Gasteiger partial charge in [-0.1, -0.05) is 6.08 Å². The van der Waals surface area contributed by atoms with Crippen LogP contribution < -0.4 is 15.1 Å². The maximum absolute atomic E-state index is 12.6. The Morgan fingerprint density at radius 3 is 2.31 bits per heavy atom. The molecule has 0 radical (unpaired) electrons. The second-order valence-electron chi connectivity index (χ2n) is 7.81. The first kappa shape index (κ1) is 24.3. The van der Waals surface area contributed by atoms with Crippen molar-refractivity contribution in [2.45, 2.75) is 40.2 Å². The quantitative estimate of drug-likeness (QED) is 0.407. The molecule has 0 bridgehead atoms. The molecule has 0 unspecified atom stereocenters. The molecule has 2 rings (SSSR count). The first-order valence-electron chi connectivity index (χ1n) is 9.62. The summed E-state index contributed by atoms with van der Waals surface area (Å²) in [5, 5.41) is 2.49. The molecule has 1 aromatic rings. The van der Waals surface area contributed by atoms with Crippen molar-refractivity contribution in [3.8, 4) is 0 Å². The molecule has 32 heavy (non-hydrogen) atoms. The van der Waals surface area contributed by atoms with E-state index >= 15 is 0 Å². The molecule has 0 spiro atoms. The summed E-state index contributed by atoms with van der Waals surface area (Å²) in [6.45, 7) is 8.22. The number of hydrogen-bond donors (Lipinski definition) is 1. The summed E-state index contributed by atoms with van der Waals surface area (Å²) < 4.78 is 10.1. The lowest BCUT2D eigenvalue weighted by atomic mass is 10.2. The summed E-state index contributed by atoms with van der Waals surface area (Å²) in [6.07, 6.45) is 2.05. The molecule has 170 valence electrons. The molecule has 0 atom stereocenters. The largest absolute Gasteiger partial charge is 0.491 e. The maximum Gasteiger partial charge on any atom is 0.412 e. The van der Waals surface area contributed by atoms with Crippen LogP contribution >= 0.6 is 0 Å². The van der Waals surface area contributed by atoms with Crippen molar-refractivity contribution in [1.29, 1.82) is 0 Å². The van der Waals surface area contributed by atoms with Crippen molar-refractivity contribution < 1.29 is 33.4 Å². The van der Waals surface area contributed by atoms with Crippen LogP contribution in [0.5, 0.6) is 0 Å². The molecule has 0 saturated heterocycles. The number of carbonyl (C=O) groups is 5. The predicted octanol–water partition coefficient (Wildman–Crippen LogP) is 2.89. The Bertz CT molecular complexity index is 1030. The van der Waals surface area contributed by atoms with Crippen molar-refractivity contribution >= 4 is 47.3 Å². The van der Waals surface area contributed by atoms with Gasteiger partial charge in [-0.25, -0.2) is 14.6 Å². The van der Waals surface area contributed by atoms with Crippen molar-refractivity contribution in [3.63, 3.8) is 0 Å². The van der Waals surface area contributed by atoms with Gasteiger partial charge in [0.25, 0.3) is 11.8 Å². The van der Waals surface area contributed by atoms with E-state index in [1.165, 1.54) is 38.3 Å². The summed E-state index contributed by atoms with van der Waals surface area (Å²) in [5.41, 5.74) is -0.348. The Morgan fingerprint density at radius 1 is 1.16 bits per heavy atom. The third-order valence-electron chi connectivity index (χ3n) is 4.29. The third-order valence-corrected chi connectivity index (χ3v) is 4.29. The molecule has 10 nitrogen and oxygen atoms in total. The van der Waals surface area contributed by atoms with Crippen LogP contribution in [0.1, 0.15) is 34.6 Å². The highest BCUT2D eigenvalue weighted by Gasteiger charge is 2.34. The maximum atomic E-state index is 12.6. The molecule has 0 saturated carbocycles. The highest BCUT2D eigenvalue weighted by molar-refractivity contribution is 6.30. The molecule has 1 aliphatic rings. The summed E-state index contributed by atoms with van der Waals surface area (Å²) >= 11 is 0. The van der Waals surface area contributed by atoms with Crippen molar-refractivity contribution in [1.82, 2.24) is 0 Å².